The van der Waals surface area contributed by atoms with E-state index in [9.17, 15) is 0 Å². The molecule has 36 heavy (non-hydrogen) atoms. The number of rotatable bonds is 7. The number of hydrogen-bond donors (Lipinski definition) is 0. The first-order valence-electron chi connectivity index (χ1n) is 14.4. The van der Waals surface area contributed by atoms with E-state index in [4.69, 9.17) is 9.47 Å². The summed E-state index contributed by atoms with van der Waals surface area (Å²) in [4.78, 5) is 7.88. The zero-order valence-electron chi connectivity index (χ0n) is 22.7. The minimum Gasteiger partial charge on any atom is -0.381 e. The lowest BCUT2D eigenvalue weighted by Crippen LogP contribution is -2.48. The molecule has 0 saturated carbocycles. The summed E-state index contributed by atoms with van der Waals surface area (Å²) in [6.07, 6.45) is 11.4. The van der Waals surface area contributed by atoms with Gasteiger partial charge in [0.05, 0.1) is 13.2 Å². The fourth-order valence-corrected chi connectivity index (χ4v) is 6.62. The van der Waals surface area contributed by atoms with Crippen molar-refractivity contribution in [1.82, 2.24) is 4.90 Å². The minimum atomic E-state index is 0. The Morgan fingerprint density at radius 3 is 2.19 bits per heavy atom. The van der Waals surface area contributed by atoms with E-state index in [2.05, 4.69) is 52.8 Å². The fraction of sp³-hybridized carbons (Fsp3) is 0.733. The summed E-state index contributed by atoms with van der Waals surface area (Å²) in [5.41, 5.74) is 6.42. The molecule has 6 heteroatoms. The first kappa shape index (κ1) is 27.8. The SMILES string of the molecule is CCC1(CC)CC=C(c2cc(N3CCOCC3)ccc2N2CCN(CC3CCOCC3)CC2)CC1.Cl. The van der Waals surface area contributed by atoms with Crippen LogP contribution in [0, 0.1) is 11.3 Å². The van der Waals surface area contributed by atoms with E-state index in [1.165, 1.54) is 81.5 Å². The highest BCUT2D eigenvalue weighted by Gasteiger charge is 2.30. The van der Waals surface area contributed by atoms with E-state index in [-0.39, 0.29) is 12.4 Å². The van der Waals surface area contributed by atoms with Crippen LogP contribution in [0.25, 0.3) is 5.57 Å². The second-order valence-electron chi connectivity index (χ2n) is 11.3. The van der Waals surface area contributed by atoms with Crippen LogP contribution in [0.3, 0.4) is 0 Å². The third-order valence-electron chi connectivity index (χ3n) is 9.48. The molecule has 4 aliphatic rings. The first-order chi connectivity index (χ1) is 17.2. The lowest BCUT2D eigenvalue weighted by Gasteiger charge is -2.40. The highest BCUT2D eigenvalue weighted by molar-refractivity contribution is 5.85. The number of nitrogens with zero attached hydrogens (tertiary/aromatic N) is 3. The van der Waals surface area contributed by atoms with Crippen LogP contribution in [0.4, 0.5) is 11.4 Å². The molecule has 3 heterocycles. The van der Waals surface area contributed by atoms with Crippen LogP contribution in [0.2, 0.25) is 0 Å². The van der Waals surface area contributed by atoms with Crippen LogP contribution in [0.1, 0.15) is 64.4 Å². The second kappa shape index (κ2) is 13.0. The van der Waals surface area contributed by atoms with Gasteiger partial charge in [0, 0.05) is 76.0 Å². The van der Waals surface area contributed by atoms with Gasteiger partial charge in [-0.1, -0.05) is 32.8 Å². The van der Waals surface area contributed by atoms with Crippen LogP contribution in [0.5, 0.6) is 0 Å². The molecule has 0 bridgehead atoms. The maximum absolute atomic E-state index is 5.63. The Labute approximate surface area is 225 Å². The molecule has 5 rings (SSSR count). The van der Waals surface area contributed by atoms with Crippen molar-refractivity contribution < 1.29 is 9.47 Å². The Balaban J connectivity index is 0.00000304. The third kappa shape index (κ3) is 6.40. The highest BCUT2D eigenvalue weighted by atomic mass is 35.5. The normalized spacial score (nSPS) is 23.8. The van der Waals surface area contributed by atoms with Gasteiger partial charge in [0.2, 0.25) is 0 Å². The number of morpholine rings is 1. The second-order valence-corrected chi connectivity index (χ2v) is 11.3. The topological polar surface area (TPSA) is 28.2 Å². The first-order valence-corrected chi connectivity index (χ1v) is 14.4. The zero-order valence-corrected chi connectivity index (χ0v) is 23.5. The van der Waals surface area contributed by atoms with Crippen molar-refractivity contribution in [2.75, 3.05) is 82.0 Å². The van der Waals surface area contributed by atoms with E-state index >= 15 is 0 Å². The number of piperazine rings is 1. The van der Waals surface area contributed by atoms with Gasteiger partial charge in [0.15, 0.2) is 0 Å². The lowest BCUT2D eigenvalue weighted by atomic mass is 9.70. The minimum absolute atomic E-state index is 0. The molecule has 3 aliphatic heterocycles. The van der Waals surface area contributed by atoms with Gasteiger partial charge < -0.3 is 19.3 Å². The number of ether oxygens (including phenoxy) is 2. The average Bonchev–Trinajstić information content (AvgIpc) is 2.94. The van der Waals surface area contributed by atoms with Crippen LogP contribution in [0.15, 0.2) is 24.3 Å². The van der Waals surface area contributed by atoms with Gasteiger partial charge in [-0.15, -0.1) is 12.4 Å². The van der Waals surface area contributed by atoms with Crippen molar-refractivity contribution in [3.05, 3.63) is 29.8 Å². The standard InChI is InChI=1S/C30H47N3O2.ClH/c1-3-30(4-2)11-7-26(8-12-30)28-23-27(32-17-21-35-22-18-32)5-6-29(28)33-15-13-31(14-16-33)24-25-9-19-34-20-10-25;/h5-7,23,25H,3-4,8-22,24H2,1-2H3;1H. The Kier molecular flexibility index (Phi) is 10.0. The molecule has 0 aromatic heterocycles. The molecule has 0 radical (unpaired) electrons. The molecule has 0 N–H and O–H groups in total. The molecule has 0 amide bonds. The maximum Gasteiger partial charge on any atom is 0.0642 e. The predicted octanol–water partition coefficient (Wildman–Crippen LogP) is 5.87. The summed E-state index contributed by atoms with van der Waals surface area (Å²) in [6.45, 7) is 16.2. The largest absolute Gasteiger partial charge is 0.381 e. The molecule has 3 saturated heterocycles. The Bertz CT molecular complexity index is 852. The maximum atomic E-state index is 5.63. The molecule has 1 aromatic rings. The van der Waals surface area contributed by atoms with E-state index < -0.39 is 0 Å². The monoisotopic (exact) mass is 517 g/mol. The number of benzene rings is 1. The van der Waals surface area contributed by atoms with Gasteiger partial charge in [0.1, 0.15) is 0 Å². The molecular formula is C30H48ClN3O2. The highest BCUT2D eigenvalue weighted by Crippen LogP contribution is 2.45. The van der Waals surface area contributed by atoms with Crippen molar-refractivity contribution in [3.8, 4) is 0 Å². The fourth-order valence-electron chi connectivity index (χ4n) is 6.62. The van der Waals surface area contributed by atoms with Gasteiger partial charge in [-0.2, -0.15) is 0 Å². The van der Waals surface area contributed by atoms with Crippen molar-refractivity contribution >= 4 is 29.4 Å². The zero-order chi connectivity index (χ0) is 24.1. The molecular weight excluding hydrogens is 470 g/mol. The van der Waals surface area contributed by atoms with Crippen molar-refractivity contribution in [2.24, 2.45) is 11.3 Å². The smallest absolute Gasteiger partial charge is 0.0642 e. The van der Waals surface area contributed by atoms with Crippen LogP contribution < -0.4 is 9.80 Å². The molecule has 1 aromatic carbocycles. The average molecular weight is 518 g/mol. The Morgan fingerprint density at radius 1 is 0.861 bits per heavy atom. The summed E-state index contributed by atoms with van der Waals surface area (Å²) in [7, 11) is 0. The molecule has 0 atom stereocenters. The van der Waals surface area contributed by atoms with E-state index in [1.807, 2.05) is 0 Å². The number of anilines is 2. The van der Waals surface area contributed by atoms with Gasteiger partial charge in [-0.3, -0.25) is 4.90 Å². The molecule has 1 aliphatic carbocycles. The number of allylic oxidation sites excluding steroid dienone is 2. The molecule has 202 valence electrons. The lowest BCUT2D eigenvalue weighted by molar-refractivity contribution is 0.0517. The Morgan fingerprint density at radius 2 is 1.56 bits per heavy atom. The quantitative estimate of drug-likeness (QED) is 0.451. The van der Waals surface area contributed by atoms with Gasteiger partial charge >= 0.3 is 0 Å². The number of hydrogen-bond acceptors (Lipinski definition) is 5. The van der Waals surface area contributed by atoms with E-state index in [0.717, 1.165) is 58.5 Å². The van der Waals surface area contributed by atoms with Gasteiger partial charge in [-0.05, 0) is 67.2 Å². The van der Waals surface area contributed by atoms with E-state index in [1.54, 1.807) is 5.57 Å². The number of halogens is 1. The molecule has 0 unspecified atom stereocenters. The molecule has 5 nitrogen and oxygen atoms in total. The van der Waals surface area contributed by atoms with Crippen LogP contribution >= 0.6 is 12.4 Å². The summed E-state index contributed by atoms with van der Waals surface area (Å²) in [5.74, 6) is 0.823. The summed E-state index contributed by atoms with van der Waals surface area (Å²) >= 11 is 0. The van der Waals surface area contributed by atoms with Crippen molar-refractivity contribution in [1.29, 1.82) is 0 Å². The van der Waals surface area contributed by atoms with Crippen LogP contribution in [-0.4, -0.2) is 77.1 Å². The van der Waals surface area contributed by atoms with Gasteiger partial charge in [0.25, 0.3) is 0 Å². The van der Waals surface area contributed by atoms with Crippen molar-refractivity contribution in [3.63, 3.8) is 0 Å². The van der Waals surface area contributed by atoms with Gasteiger partial charge in [-0.25, -0.2) is 0 Å². The van der Waals surface area contributed by atoms with E-state index in [0.29, 0.717) is 5.41 Å². The third-order valence-corrected chi connectivity index (χ3v) is 9.48. The van der Waals surface area contributed by atoms with Crippen LogP contribution in [-0.2, 0) is 9.47 Å². The summed E-state index contributed by atoms with van der Waals surface area (Å²) < 4.78 is 11.2. The predicted molar refractivity (Wildman–Crippen MR) is 154 cm³/mol. The summed E-state index contributed by atoms with van der Waals surface area (Å²) in [6, 6.07) is 7.30. The molecule has 0 spiro atoms. The molecule has 3 fully saturated rings. The Hall–Kier alpha value is -1.27. The summed E-state index contributed by atoms with van der Waals surface area (Å²) in [5, 5.41) is 0. The van der Waals surface area contributed by atoms with Crippen molar-refractivity contribution in [2.45, 2.75) is 58.8 Å².